The number of carbonyl (C=O) groups excluding carboxylic acids is 1. The summed E-state index contributed by atoms with van der Waals surface area (Å²) in [7, 11) is 1.42. The number of rotatable bonds is 4. The van der Waals surface area contributed by atoms with E-state index in [4.69, 9.17) is 16.3 Å². The summed E-state index contributed by atoms with van der Waals surface area (Å²) in [5.74, 6) is -3.59. The molecule has 0 unspecified atom stereocenters. The molecule has 4 aromatic rings. The number of halogens is 4. The van der Waals surface area contributed by atoms with Crippen molar-refractivity contribution in [2.45, 2.75) is 0 Å². The first-order valence-corrected chi connectivity index (χ1v) is 9.30. The summed E-state index contributed by atoms with van der Waals surface area (Å²) in [5.41, 5.74) is -0.112. The number of fused-ring (bicyclic) bond motifs is 1. The van der Waals surface area contributed by atoms with Gasteiger partial charge in [0.05, 0.1) is 23.4 Å². The normalized spacial score (nSPS) is 10.9. The number of pyridine rings is 2. The Morgan fingerprint density at radius 3 is 2.48 bits per heavy atom. The number of nitrogens with zero attached hydrogens (tertiary/aromatic N) is 2. The van der Waals surface area contributed by atoms with Gasteiger partial charge < -0.3 is 10.1 Å². The molecule has 0 aliphatic heterocycles. The van der Waals surface area contributed by atoms with Crippen molar-refractivity contribution in [2.75, 3.05) is 12.4 Å². The van der Waals surface area contributed by atoms with Crippen LogP contribution in [-0.4, -0.2) is 23.0 Å². The summed E-state index contributed by atoms with van der Waals surface area (Å²) in [6.45, 7) is 0. The molecular weight excluding hydrogens is 431 g/mol. The van der Waals surface area contributed by atoms with Crippen LogP contribution in [0.5, 0.6) is 5.88 Å². The van der Waals surface area contributed by atoms with Gasteiger partial charge in [-0.1, -0.05) is 17.7 Å². The number of benzene rings is 2. The fourth-order valence-electron chi connectivity index (χ4n) is 3.16. The Labute approximate surface area is 179 Å². The van der Waals surface area contributed by atoms with Crippen molar-refractivity contribution in [3.05, 3.63) is 82.9 Å². The number of amides is 1. The van der Waals surface area contributed by atoms with Crippen LogP contribution in [0.15, 0.2) is 54.9 Å². The molecule has 1 N–H and O–H groups in total. The lowest BCUT2D eigenvalue weighted by Crippen LogP contribution is -2.13. The first-order valence-electron chi connectivity index (χ1n) is 8.92. The van der Waals surface area contributed by atoms with Gasteiger partial charge in [0.25, 0.3) is 5.91 Å². The number of aromatic nitrogens is 2. The minimum atomic E-state index is -1.12. The van der Waals surface area contributed by atoms with Gasteiger partial charge in [0.1, 0.15) is 23.1 Å². The summed E-state index contributed by atoms with van der Waals surface area (Å²) in [6.07, 6.45) is 2.75. The maximum Gasteiger partial charge on any atom is 0.255 e. The van der Waals surface area contributed by atoms with Gasteiger partial charge in [-0.15, -0.1) is 0 Å². The molecule has 0 spiro atoms. The second kappa shape index (κ2) is 8.23. The maximum atomic E-state index is 14.4. The SMILES string of the molecule is COc1ncccc1NC(=O)c1ccc2c(Cl)cnc(-c3c(F)cc(F)cc3F)c2c1. The Morgan fingerprint density at radius 1 is 1.03 bits per heavy atom. The molecule has 0 atom stereocenters. The van der Waals surface area contributed by atoms with Crippen molar-refractivity contribution in [3.8, 4) is 17.1 Å². The minimum absolute atomic E-state index is 0.108. The van der Waals surface area contributed by atoms with Gasteiger partial charge in [0.15, 0.2) is 0 Å². The summed E-state index contributed by atoms with van der Waals surface area (Å²) in [5, 5.41) is 3.54. The highest BCUT2D eigenvalue weighted by molar-refractivity contribution is 6.36. The molecule has 2 aromatic heterocycles. The molecule has 0 saturated heterocycles. The molecule has 0 aliphatic rings. The second-order valence-electron chi connectivity index (χ2n) is 6.47. The third-order valence-electron chi connectivity index (χ3n) is 4.56. The third-order valence-corrected chi connectivity index (χ3v) is 4.86. The standard InChI is InChI=1S/C22H13ClF3N3O2/c1-31-22-18(3-2-6-27-22)29-21(30)11-4-5-13-14(7-11)20(28-10-15(13)23)19-16(25)8-12(24)9-17(19)26/h2-10H,1H3,(H,29,30). The highest BCUT2D eigenvalue weighted by atomic mass is 35.5. The van der Waals surface area contributed by atoms with Gasteiger partial charge in [0, 0.05) is 40.9 Å². The molecule has 0 fully saturated rings. The van der Waals surface area contributed by atoms with Crippen LogP contribution < -0.4 is 10.1 Å². The zero-order chi connectivity index (χ0) is 22.1. The Bertz CT molecular complexity index is 1310. The molecular formula is C22H13ClF3N3O2. The average Bonchev–Trinajstić information content (AvgIpc) is 2.74. The highest BCUT2D eigenvalue weighted by Gasteiger charge is 2.20. The molecule has 5 nitrogen and oxygen atoms in total. The lowest BCUT2D eigenvalue weighted by atomic mass is 10.0. The molecule has 0 radical (unpaired) electrons. The summed E-state index contributed by atoms with van der Waals surface area (Å²) in [6, 6.07) is 8.81. The van der Waals surface area contributed by atoms with Crippen molar-refractivity contribution in [3.63, 3.8) is 0 Å². The molecule has 0 bridgehead atoms. The van der Waals surface area contributed by atoms with Crippen LogP contribution in [0.25, 0.3) is 22.0 Å². The highest BCUT2D eigenvalue weighted by Crippen LogP contribution is 2.35. The topological polar surface area (TPSA) is 64.1 Å². The van der Waals surface area contributed by atoms with E-state index in [0.29, 0.717) is 23.2 Å². The fourth-order valence-corrected chi connectivity index (χ4v) is 3.37. The van der Waals surface area contributed by atoms with E-state index < -0.39 is 28.9 Å². The van der Waals surface area contributed by atoms with Gasteiger partial charge in [-0.05, 0) is 24.3 Å². The number of hydrogen-bond donors (Lipinski definition) is 1. The first-order chi connectivity index (χ1) is 14.9. The molecule has 0 saturated carbocycles. The van der Waals surface area contributed by atoms with Crippen molar-refractivity contribution in [1.82, 2.24) is 9.97 Å². The smallest absolute Gasteiger partial charge is 0.255 e. The van der Waals surface area contributed by atoms with E-state index in [9.17, 15) is 18.0 Å². The van der Waals surface area contributed by atoms with Gasteiger partial charge in [0.2, 0.25) is 5.88 Å². The van der Waals surface area contributed by atoms with Crippen LogP contribution >= 0.6 is 11.6 Å². The Balaban J connectivity index is 1.84. The Kier molecular flexibility index (Phi) is 5.48. The predicted octanol–water partition coefficient (Wildman–Crippen LogP) is 5.63. The summed E-state index contributed by atoms with van der Waals surface area (Å²) >= 11 is 6.19. The number of nitrogens with one attached hydrogen (secondary N) is 1. The van der Waals surface area contributed by atoms with E-state index >= 15 is 0 Å². The van der Waals surface area contributed by atoms with Crippen molar-refractivity contribution >= 4 is 34.0 Å². The van der Waals surface area contributed by atoms with E-state index in [0.717, 1.165) is 0 Å². The number of ether oxygens (including phenoxy) is 1. The quantitative estimate of drug-likeness (QED) is 0.444. The summed E-state index contributed by atoms with van der Waals surface area (Å²) in [4.78, 5) is 20.8. The van der Waals surface area contributed by atoms with Crippen LogP contribution in [0.1, 0.15) is 10.4 Å². The summed E-state index contributed by atoms with van der Waals surface area (Å²) < 4.78 is 47.3. The first kappa shape index (κ1) is 20.6. The van der Waals surface area contributed by atoms with Crippen molar-refractivity contribution < 1.29 is 22.7 Å². The molecule has 0 aliphatic carbocycles. The van der Waals surface area contributed by atoms with E-state index in [1.165, 1.54) is 37.7 Å². The zero-order valence-electron chi connectivity index (χ0n) is 15.9. The second-order valence-corrected chi connectivity index (χ2v) is 6.88. The van der Waals surface area contributed by atoms with Gasteiger partial charge in [-0.25, -0.2) is 18.2 Å². The van der Waals surface area contributed by atoms with E-state index in [2.05, 4.69) is 15.3 Å². The van der Waals surface area contributed by atoms with Crippen LogP contribution in [-0.2, 0) is 0 Å². The number of carbonyl (C=O) groups is 1. The largest absolute Gasteiger partial charge is 0.480 e. The molecule has 2 aromatic carbocycles. The van der Waals surface area contributed by atoms with Crippen LogP contribution in [0.3, 0.4) is 0 Å². The number of methoxy groups -OCH3 is 1. The number of hydrogen-bond acceptors (Lipinski definition) is 4. The molecule has 31 heavy (non-hydrogen) atoms. The maximum absolute atomic E-state index is 14.4. The van der Waals surface area contributed by atoms with E-state index in [-0.39, 0.29) is 27.5 Å². The van der Waals surface area contributed by atoms with Crippen molar-refractivity contribution in [1.29, 1.82) is 0 Å². The molecule has 1 amide bonds. The third kappa shape index (κ3) is 3.89. The predicted molar refractivity (Wildman–Crippen MR) is 111 cm³/mol. The van der Waals surface area contributed by atoms with Crippen LogP contribution in [0, 0.1) is 17.5 Å². The van der Waals surface area contributed by atoms with Crippen LogP contribution in [0.4, 0.5) is 18.9 Å². The Morgan fingerprint density at radius 2 is 1.77 bits per heavy atom. The molecule has 2 heterocycles. The van der Waals surface area contributed by atoms with E-state index in [1.54, 1.807) is 12.1 Å². The molecule has 156 valence electrons. The van der Waals surface area contributed by atoms with Gasteiger partial charge >= 0.3 is 0 Å². The van der Waals surface area contributed by atoms with Gasteiger partial charge in [-0.2, -0.15) is 0 Å². The monoisotopic (exact) mass is 443 g/mol. The van der Waals surface area contributed by atoms with Crippen molar-refractivity contribution in [2.24, 2.45) is 0 Å². The van der Waals surface area contributed by atoms with Gasteiger partial charge in [-0.3, -0.25) is 9.78 Å². The zero-order valence-corrected chi connectivity index (χ0v) is 16.7. The number of anilines is 1. The Hall–Kier alpha value is -3.65. The van der Waals surface area contributed by atoms with Crippen LogP contribution in [0.2, 0.25) is 5.02 Å². The van der Waals surface area contributed by atoms with E-state index in [1.807, 2.05) is 0 Å². The average molecular weight is 444 g/mol. The minimum Gasteiger partial charge on any atom is -0.480 e. The lowest BCUT2D eigenvalue weighted by molar-refractivity contribution is 0.102. The fraction of sp³-hybridized carbons (Fsp3) is 0.0455. The molecule has 9 heteroatoms. The molecule has 4 rings (SSSR count). The lowest BCUT2D eigenvalue weighted by Gasteiger charge is -2.12.